The molecule has 0 bridgehead atoms. The number of carbonyl (C=O) groups is 1. The van der Waals surface area contributed by atoms with Gasteiger partial charge in [0, 0.05) is 0 Å². The van der Waals surface area contributed by atoms with E-state index >= 15 is 0 Å². The van der Waals surface area contributed by atoms with Crippen LogP contribution in [0.2, 0.25) is 0 Å². The van der Waals surface area contributed by atoms with Crippen molar-refractivity contribution < 1.29 is 9.53 Å². The second kappa shape index (κ2) is 5.64. The molecule has 118 valence electrons. The molecular formula is C22H18O2. The highest BCUT2D eigenvalue weighted by molar-refractivity contribution is 6.26. The Kier molecular flexibility index (Phi) is 3.46. The highest BCUT2D eigenvalue weighted by Gasteiger charge is 2.15. The Morgan fingerprint density at radius 1 is 0.792 bits per heavy atom. The third-order valence-electron chi connectivity index (χ3n) is 4.58. The zero-order valence-corrected chi connectivity index (χ0v) is 13.8. The summed E-state index contributed by atoms with van der Waals surface area (Å²) in [6.45, 7) is 4.18. The fourth-order valence-electron chi connectivity index (χ4n) is 3.49. The van der Waals surface area contributed by atoms with Gasteiger partial charge in [-0.05, 0) is 63.9 Å². The molecule has 0 saturated carbocycles. The average molecular weight is 314 g/mol. The van der Waals surface area contributed by atoms with Crippen molar-refractivity contribution in [1.29, 1.82) is 0 Å². The molecule has 24 heavy (non-hydrogen) atoms. The molecule has 0 saturated heterocycles. The minimum absolute atomic E-state index is 0.255. The lowest BCUT2D eigenvalue weighted by molar-refractivity contribution is 0.0525. The molecule has 0 aromatic heterocycles. The molecule has 0 radical (unpaired) electrons. The zero-order valence-electron chi connectivity index (χ0n) is 13.8. The third-order valence-corrected chi connectivity index (χ3v) is 4.58. The third kappa shape index (κ3) is 2.15. The van der Waals surface area contributed by atoms with Crippen LogP contribution >= 0.6 is 0 Å². The molecule has 0 fully saturated rings. The van der Waals surface area contributed by atoms with E-state index < -0.39 is 0 Å². The summed E-state index contributed by atoms with van der Waals surface area (Å²) in [5.41, 5.74) is 1.59. The molecule has 0 amide bonds. The Labute approximate surface area is 140 Å². The molecule has 0 aliphatic rings. The number of esters is 1. The van der Waals surface area contributed by atoms with E-state index in [1.807, 2.05) is 26.0 Å². The molecule has 0 unspecified atom stereocenters. The summed E-state index contributed by atoms with van der Waals surface area (Å²) in [5, 5.41) is 7.09. The van der Waals surface area contributed by atoms with Crippen LogP contribution in [0.25, 0.3) is 32.3 Å². The van der Waals surface area contributed by atoms with Crippen molar-refractivity contribution in [2.75, 3.05) is 6.61 Å². The van der Waals surface area contributed by atoms with Crippen LogP contribution in [-0.4, -0.2) is 12.6 Å². The van der Waals surface area contributed by atoms with Gasteiger partial charge in [0.05, 0.1) is 12.2 Å². The number of hydrogen-bond acceptors (Lipinski definition) is 2. The molecule has 4 aromatic rings. The van der Waals surface area contributed by atoms with Gasteiger partial charge in [-0.25, -0.2) is 4.79 Å². The van der Waals surface area contributed by atoms with Gasteiger partial charge in [0.15, 0.2) is 0 Å². The average Bonchev–Trinajstić information content (AvgIpc) is 2.61. The Bertz CT molecular complexity index is 1090. The first-order valence-electron chi connectivity index (χ1n) is 8.21. The largest absolute Gasteiger partial charge is 0.462 e. The lowest BCUT2D eigenvalue weighted by Gasteiger charge is -2.13. The van der Waals surface area contributed by atoms with Crippen molar-refractivity contribution in [2.45, 2.75) is 13.8 Å². The lowest BCUT2D eigenvalue weighted by atomic mass is 9.91. The van der Waals surface area contributed by atoms with E-state index in [9.17, 15) is 4.79 Å². The van der Waals surface area contributed by atoms with E-state index in [0.717, 1.165) is 16.3 Å². The first kappa shape index (κ1) is 14.7. The topological polar surface area (TPSA) is 26.3 Å². The van der Waals surface area contributed by atoms with Gasteiger partial charge in [0.25, 0.3) is 0 Å². The van der Waals surface area contributed by atoms with Crippen molar-refractivity contribution in [3.63, 3.8) is 0 Å². The van der Waals surface area contributed by atoms with Crippen molar-refractivity contribution in [3.05, 3.63) is 71.8 Å². The Balaban J connectivity index is 2.19. The van der Waals surface area contributed by atoms with Crippen LogP contribution < -0.4 is 0 Å². The van der Waals surface area contributed by atoms with Gasteiger partial charge in [0.1, 0.15) is 0 Å². The molecule has 4 aromatic carbocycles. The van der Waals surface area contributed by atoms with E-state index in [2.05, 4.69) is 48.5 Å². The number of fused-ring (bicyclic) bond motifs is 6. The number of ether oxygens (including phenoxy) is 1. The fraction of sp³-hybridized carbons (Fsp3) is 0.136. The lowest BCUT2D eigenvalue weighted by Crippen LogP contribution is -2.06. The van der Waals surface area contributed by atoms with Crippen LogP contribution in [0.5, 0.6) is 0 Å². The number of hydrogen-bond donors (Lipinski definition) is 0. The molecule has 0 atom stereocenters. The minimum Gasteiger partial charge on any atom is -0.462 e. The van der Waals surface area contributed by atoms with E-state index in [1.54, 1.807) is 0 Å². The van der Waals surface area contributed by atoms with Crippen LogP contribution in [0.4, 0.5) is 0 Å². The highest BCUT2D eigenvalue weighted by Crippen LogP contribution is 2.36. The van der Waals surface area contributed by atoms with Gasteiger partial charge in [-0.3, -0.25) is 0 Å². The maximum absolute atomic E-state index is 12.3. The summed E-state index contributed by atoms with van der Waals surface area (Å²) in [4.78, 5) is 12.3. The molecule has 0 spiro atoms. The predicted molar refractivity (Wildman–Crippen MR) is 99.7 cm³/mol. The van der Waals surface area contributed by atoms with Gasteiger partial charge in [-0.1, -0.05) is 48.5 Å². The predicted octanol–water partition coefficient (Wildman–Crippen LogP) is 5.63. The standard InChI is InChI=1S/C22H18O2/c1-3-24-22(23)19-13-21-18-11-7-5-9-16(18)15-8-4-6-10-17(15)20(21)12-14(19)2/h4-13H,3H2,1-2H3. The minimum atomic E-state index is -0.255. The van der Waals surface area contributed by atoms with E-state index in [0.29, 0.717) is 12.2 Å². The quantitative estimate of drug-likeness (QED) is 0.354. The van der Waals surface area contributed by atoms with Gasteiger partial charge in [-0.15, -0.1) is 0 Å². The van der Waals surface area contributed by atoms with Crippen molar-refractivity contribution in [3.8, 4) is 0 Å². The van der Waals surface area contributed by atoms with Crippen molar-refractivity contribution in [2.24, 2.45) is 0 Å². The van der Waals surface area contributed by atoms with E-state index in [1.165, 1.54) is 21.5 Å². The normalized spacial score (nSPS) is 11.2. The van der Waals surface area contributed by atoms with Gasteiger partial charge >= 0.3 is 5.97 Å². The molecule has 0 heterocycles. The number of benzene rings is 4. The summed E-state index contributed by atoms with van der Waals surface area (Å²) >= 11 is 0. The molecule has 0 aliphatic heterocycles. The Morgan fingerprint density at radius 2 is 1.25 bits per heavy atom. The molecule has 0 aliphatic carbocycles. The van der Waals surface area contributed by atoms with Gasteiger partial charge < -0.3 is 4.74 Å². The van der Waals surface area contributed by atoms with Crippen LogP contribution in [0.15, 0.2) is 60.7 Å². The van der Waals surface area contributed by atoms with Crippen molar-refractivity contribution in [1.82, 2.24) is 0 Å². The molecule has 2 nitrogen and oxygen atoms in total. The second-order valence-corrected chi connectivity index (χ2v) is 6.02. The molecule has 2 heteroatoms. The van der Waals surface area contributed by atoms with Crippen LogP contribution in [0.1, 0.15) is 22.8 Å². The smallest absolute Gasteiger partial charge is 0.338 e. The van der Waals surface area contributed by atoms with Gasteiger partial charge in [0.2, 0.25) is 0 Å². The molecule has 4 rings (SSSR count). The molecule has 0 N–H and O–H groups in total. The van der Waals surface area contributed by atoms with Crippen LogP contribution in [0.3, 0.4) is 0 Å². The highest BCUT2D eigenvalue weighted by atomic mass is 16.5. The van der Waals surface area contributed by atoms with Crippen molar-refractivity contribution >= 4 is 38.3 Å². The Morgan fingerprint density at radius 3 is 1.75 bits per heavy atom. The maximum Gasteiger partial charge on any atom is 0.338 e. The first-order valence-corrected chi connectivity index (χ1v) is 8.21. The number of rotatable bonds is 2. The summed E-state index contributed by atoms with van der Waals surface area (Å²) in [5.74, 6) is -0.255. The summed E-state index contributed by atoms with van der Waals surface area (Å²) in [6, 6.07) is 20.9. The fourth-order valence-corrected chi connectivity index (χ4v) is 3.49. The van der Waals surface area contributed by atoms with Crippen LogP contribution in [-0.2, 0) is 4.74 Å². The first-order chi connectivity index (χ1) is 11.7. The van der Waals surface area contributed by atoms with E-state index in [4.69, 9.17) is 4.74 Å². The maximum atomic E-state index is 12.3. The summed E-state index contributed by atoms with van der Waals surface area (Å²) in [6.07, 6.45) is 0. The number of aryl methyl sites for hydroxylation is 1. The zero-order chi connectivity index (χ0) is 16.7. The summed E-state index contributed by atoms with van der Waals surface area (Å²) in [7, 11) is 0. The molecular weight excluding hydrogens is 296 g/mol. The van der Waals surface area contributed by atoms with Crippen LogP contribution in [0, 0.1) is 6.92 Å². The van der Waals surface area contributed by atoms with E-state index in [-0.39, 0.29) is 5.97 Å². The van der Waals surface area contributed by atoms with Gasteiger partial charge in [-0.2, -0.15) is 0 Å². The monoisotopic (exact) mass is 314 g/mol. The second-order valence-electron chi connectivity index (χ2n) is 6.02. The summed E-state index contributed by atoms with van der Waals surface area (Å²) < 4.78 is 5.22. The Hall–Kier alpha value is -2.87. The number of carbonyl (C=O) groups excluding carboxylic acids is 1. The SMILES string of the molecule is CCOC(=O)c1cc2c3ccccc3c3ccccc3c2cc1C.